The number of nitrogens with zero attached hydrogens (tertiary/aromatic N) is 2. The van der Waals surface area contributed by atoms with Crippen molar-refractivity contribution in [3.63, 3.8) is 0 Å². The molecule has 2 aliphatic heterocycles. The van der Waals surface area contributed by atoms with Gasteiger partial charge in [-0.1, -0.05) is 0 Å². The molecule has 0 aromatic heterocycles. The highest BCUT2D eigenvalue weighted by molar-refractivity contribution is 7.89. The van der Waals surface area contributed by atoms with Crippen LogP contribution >= 0.6 is 0 Å². The summed E-state index contributed by atoms with van der Waals surface area (Å²) >= 11 is 0. The minimum absolute atomic E-state index is 0.236. The van der Waals surface area contributed by atoms with Gasteiger partial charge < -0.3 is 0 Å². The van der Waals surface area contributed by atoms with Crippen LogP contribution in [0, 0.1) is 0 Å². The predicted molar refractivity (Wildman–Crippen MR) is 60.2 cm³/mol. The second-order valence-electron chi connectivity index (χ2n) is 4.44. The Bertz CT molecular complexity index is 309. The zero-order chi connectivity index (χ0) is 10.9. The van der Waals surface area contributed by atoms with Crippen molar-refractivity contribution in [1.29, 1.82) is 0 Å². The van der Waals surface area contributed by atoms with Crippen LogP contribution in [-0.2, 0) is 10.0 Å². The van der Waals surface area contributed by atoms with Crippen LogP contribution in [0.25, 0.3) is 0 Å². The fraction of sp³-hybridized carbons (Fsp3) is 1.00. The SMILES string of the molecule is CCS(=O)(=O)N1CCC(N2CCCC2)C1. The van der Waals surface area contributed by atoms with Gasteiger partial charge in [0.15, 0.2) is 0 Å². The summed E-state index contributed by atoms with van der Waals surface area (Å²) in [6, 6.07) is 0.480. The molecule has 5 heteroatoms. The van der Waals surface area contributed by atoms with E-state index < -0.39 is 10.0 Å². The van der Waals surface area contributed by atoms with Crippen molar-refractivity contribution in [1.82, 2.24) is 9.21 Å². The lowest BCUT2D eigenvalue weighted by molar-refractivity contribution is 0.251. The van der Waals surface area contributed by atoms with Gasteiger partial charge in [0.1, 0.15) is 0 Å². The number of hydrogen-bond acceptors (Lipinski definition) is 3. The molecular weight excluding hydrogens is 212 g/mol. The standard InChI is InChI=1S/C10H20N2O2S/c1-2-15(13,14)12-8-5-10(9-12)11-6-3-4-7-11/h10H,2-9H2,1H3. The molecule has 1 atom stereocenters. The molecule has 2 fully saturated rings. The lowest BCUT2D eigenvalue weighted by atomic mass is 10.2. The molecule has 1 unspecified atom stereocenters. The smallest absolute Gasteiger partial charge is 0.213 e. The minimum Gasteiger partial charge on any atom is -0.299 e. The minimum atomic E-state index is -2.95. The Morgan fingerprint density at radius 2 is 1.87 bits per heavy atom. The molecule has 0 aromatic carbocycles. The van der Waals surface area contributed by atoms with Crippen molar-refractivity contribution in [2.24, 2.45) is 0 Å². The summed E-state index contributed by atoms with van der Waals surface area (Å²) < 4.78 is 25.0. The summed E-state index contributed by atoms with van der Waals surface area (Å²) in [4.78, 5) is 2.45. The highest BCUT2D eigenvalue weighted by Crippen LogP contribution is 2.22. The van der Waals surface area contributed by atoms with Crippen molar-refractivity contribution in [3.8, 4) is 0 Å². The molecule has 2 saturated heterocycles. The molecule has 15 heavy (non-hydrogen) atoms. The Labute approximate surface area is 92.3 Å². The van der Waals surface area contributed by atoms with E-state index in [2.05, 4.69) is 4.90 Å². The molecular formula is C10H20N2O2S. The molecule has 0 aromatic rings. The average molecular weight is 232 g/mol. The van der Waals surface area contributed by atoms with Gasteiger partial charge in [0.05, 0.1) is 5.75 Å². The number of likely N-dealkylation sites (tertiary alicyclic amines) is 1. The summed E-state index contributed by atoms with van der Waals surface area (Å²) in [6.07, 6.45) is 3.56. The summed E-state index contributed by atoms with van der Waals surface area (Å²) in [6.45, 7) is 5.47. The van der Waals surface area contributed by atoms with Crippen LogP contribution in [0.4, 0.5) is 0 Å². The van der Waals surface area contributed by atoms with Gasteiger partial charge in [-0.2, -0.15) is 0 Å². The van der Waals surface area contributed by atoms with E-state index in [1.54, 1.807) is 11.2 Å². The van der Waals surface area contributed by atoms with E-state index in [9.17, 15) is 8.42 Å². The van der Waals surface area contributed by atoms with Crippen molar-refractivity contribution in [2.75, 3.05) is 31.9 Å². The molecule has 2 rings (SSSR count). The zero-order valence-corrected chi connectivity index (χ0v) is 10.2. The van der Waals surface area contributed by atoms with Crippen LogP contribution in [0.15, 0.2) is 0 Å². The molecule has 0 aliphatic carbocycles. The fourth-order valence-corrected chi connectivity index (χ4v) is 3.70. The Hall–Kier alpha value is -0.130. The first-order valence-electron chi connectivity index (χ1n) is 5.85. The van der Waals surface area contributed by atoms with Gasteiger partial charge in [-0.15, -0.1) is 0 Å². The van der Waals surface area contributed by atoms with Crippen LogP contribution < -0.4 is 0 Å². The van der Waals surface area contributed by atoms with E-state index in [0.717, 1.165) is 32.6 Å². The third-order valence-electron chi connectivity index (χ3n) is 3.54. The Balaban J connectivity index is 1.94. The molecule has 88 valence electrons. The Morgan fingerprint density at radius 1 is 1.20 bits per heavy atom. The van der Waals surface area contributed by atoms with Gasteiger partial charge in [-0.05, 0) is 39.3 Å². The lowest BCUT2D eigenvalue weighted by Gasteiger charge is -2.23. The molecule has 2 aliphatic rings. The second kappa shape index (κ2) is 4.39. The highest BCUT2D eigenvalue weighted by atomic mass is 32.2. The molecule has 0 bridgehead atoms. The van der Waals surface area contributed by atoms with E-state index in [0.29, 0.717) is 6.04 Å². The summed E-state index contributed by atoms with van der Waals surface area (Å²) in [5, 5.41) is 0. The number of sulfonamides is 1. The van der Waals surface area contributed by atoms with Crippen LogP contribution in [0.5, 0.6) is 0 Å². The van der Waals surface area contributed by atoms with Gasteiger partial charge in [0, 0.05) is 19.1 Å². The number of rotatable bonds is 3. The summed E-state index contributed by atoms with van der Waals surface area (Å²) in [7, 11) is -2.95. The molecule has 2 heterocycles. The summed E-state index contributed by atoms with van der Waals surface area (Å²) in [5.41, 5.74) is 0. The first kappa shape index (κ1) is 11.4. The fourth-order valence-electron chi connectivity index (χ4n) is 2.55. The molecule has 0 N–H and O–H groups in total. The van der Waals surface area contributed by atoms with Crippen LogP contribution in [0.2, 0.25) is 0 Å². The molecule has 0 radical (unpaired) electrons. The van der Waals surface area contributed by atoms with E-state index >= 15 is 0 Å². The largest absolute Gasteiger partial charge is 0.299 e. The van der Waals surface area contributed by atoms with E-state index in [1.807, 2.05) is 0 Å². The molecule has 0 spiro atoms. The maximum atomic E-state index is 11.7. The van der Waals surface area contributed by atoms with Gasteiger partial charge in [0.25, 0.3) is 0 Å². The maximum absolute atomic E-state index is 11.7. The van der Waals surface area contributed by atoms with Crippen LogP contribution in [0.3, 0.4) is 0 Å². The van der Waals surface area contributed by atoms with Crippen molar-refractivity contribution in [2.45, 2.75) is 32.2 Å². The summed E-state index contributed by atoms with van der Waals surface area (Å²) in [5.74, 6) is 0.236. The first-order valence-corrected chi connectivity index (χ1v) is 7.46. The molecule has 0 saturated carbocycles. The Kier molecular flexibility index (Phi) is 3.33. The highest BCUT2D eigenvalue weighted by Gasteiger charge is 2.34. The van der Waals surface area contributed by atoms with Crippen molar-refractivity contribution < 1.29 is 8.42 Å². The zero-order valence-electron chi connectivity index (χ0n) is 9.35. The topological polar surface area (TPSA) is 40.6 Å². The normalized spacial score (nSPS) is 30.1. The Morgan fingerprint density at radius 3 is 2.47 bits per heavy atom. The molecule has 4 nitrogen and oxygen atoms in total. The molecule has 0 amide bonds. The van der Waals surface area contributed by atoms with E-state index in [-0.39, 0.29) is 5.75 Å². The third kappa shape index (κ3) is 2.34. The monoisotopic (exact) mass is 232 g/mol. The van der Waals surface area contributed by atoms with Gasteiger partial charge in [-0.25, -0.2) is 12.7 Å². The van der Waals surface area contributed by atoms with Gasteiger partial charge in [-0.3, -0.25) is 4.90 Å². The average Bonchev–Trinajstić information content (AvgIpc) is 2.88. The van der Waals surface area contributed by atoms with Crippen LogP contribution in [0.1, 0.15) is 26.2 Å². The van der Waals surface area contributed by atoms with Gasteiger partial charge in [0.2, 0.25) is 10.0 Å². The number of hydrogen-bond donors (Lipinski definition) is 0. The predicted octanol–water partition coefficient (Wildman–Crippen LogP) is 0.506. The quantitative estimate of drug-likeness (QED) is 0.712. The maximum Gasteiger partial charge on any atom is 0.213 e. The second-order valence-corrected chi connectivity index (χ2v) is 6.70. The van der Waals surface area contributed by atoms with E-state index in [4.69, 9.17) is 0 Å². The van der Waals surface area contributed by atoms with Crippen molar-refractivity contribution >= 4 is 10.0 Å². The van der Waals surface area contributed by atoms with Crippen LogP contribution in [-0.4, -0.2) is 55.6 Å². The van der Waals surface area contributed by atoms with Gasteiger partial charge >= 0.3 is 0 Å². The lowest BCUT2D eigenvalue weighted by Crippen LogP contribution is -2.37. The first-order chi connectivity index (χ1) is 7.13. The third-order valence-corrected chi connectivity index (χ3v) is 5.39. The van der Waals surface area contributed by atoms with Crippen molar-refractivity contribution in [3.05, 3.63) is 0 Å². The van der Waals surface area contributed by atoms with E-state index in [1.165, 1.54) is 12.8 Å².